The number of benzene rings is 3. The molecule has 0 aliphatic rings. The highest BCUT2D eigenvalue weighted by Crippen LogP contribution is 2.21. The van der Waals surface area contributed by atoms with E-state index in [9.17, 15) is 19.3 Å². The number of halogens is 1. The lowest BCUT2D eigenvalue weighted by atomic mass is 10.1. The van der Waals surface area contributed by atoms with Crippen molar-refractivity contribution in [2.45, 2.75) is 6.42 Å². The molecule has 0 fully saturated rings. The van der Waals surface area contributed by atoms with Crippen molar-refractivity contribution < 1.29 is 18.8 Å². The Bertz CT molecular complexity index is 1270. The number of H-pyrrole nitrogens is 1. The van der Waals surface area contributed by atoms with Crippen LogP contribution in [0.3, 0.4) is 0 Å². The molecule has 0 saturated carbocycles. The Hall–Kier alpha value is -4.27. The van der Waals surface area contributed by atoms with Crippen LogP contribution < -0.4 is 10.1 Å². The predicted octanol–water partition coefficient (Wildman–Crippen LogP) is 4.22. The van der Waals surface area contributed by atoms with Gasteiger partial charge in [0.1, 0.15) is 17.4 Å². The van der Waals surface area contributed by atoms with E-state index >= 15 is 0 Å². The van der Waals surface area contributed by atoms with E-state index in [0.717, 1.165) is 0 Å². The number of ether oxygens (including phenoxy) is 1. The van der Waals surface area contributed by atoms with Crippen LogP contribution in [0.1, 0.15) is 11.4 Å². The lowest BCUT2D eigenvalue weighted by molar-refractivity contribution is -0.384. The molecular formula is C22H17FN4O4. The topological polar surface area (TPSA) is 110 Å². The minimum absolute atomic E-state index is 0.117. The van der Waals surface area contributed by atoms with E-state index in [1.807, 2.05) is 0 Å². The monoisotopic (exact) mass is 420 g/mol. The van der Waals surface area contributed by atoms with Gasteiger partial charge in [-0.1, -0.05) is 24.3 Å². The van der Waals surface area contributed by atoms with Crippen molar-refractivity contribution in [1.82, 2.24) is 9.97 Å². The summed E-state index contributed by atoms with van der Waals surface area (Å²) in [5, 5.41) is 13.5. The Morgan fingerprint density at radius 3 is 2.77 bits per heavy atom. The van der Waals surface area contributed by atoms with Crippen LogP contribution in [0, 0.1) is 15.9 Å². The molecule has 0 atom stereocenters. The van der Waals surface area contributed by atoms with Gasteiger partial charge in [0.2, 0.25) is 0 Å². The van der Waals surface area contributed by atoms with Gasteiger partial charge >= 0.3 is 0 Å². The number of nitrogens with zero attached hydrogens (tertiary/aromatic N) is 2. The molecule has 2 N–H and O–H groups in total. The Labute approximate surface area is 175 Å². The molecule has 3 aromatic carbocycles. The number of hydrogen-bond acceptors (Lipinski definition) is 5. The first-order valence-corrected chi connectivity index (χ1v) is 9.37. The van der Waals surface area contributed by atoms with E-state index in [-0.39, 0.29) is 23.9 Å². The van der Waals surface area contributed by atoms with Gasteiger partial charge in [-0.05, 0) is 35.9 Å². The number of fused-ring (bicyclic) bond motifs is 1. The van der Waals surface area contributed by atoms with Gasteiger partial charge in [-0.3, -0.25) is 14.9 Å². The van der Waals surface area contributed by atoms with Crippen LogP contribution in [0.5, 0.6) is 5.75 Å². The summed E-state index contributed by atoms with van der Waals surface area (Å²) < 4.78 is 19.2. The molecule has 9 heteroatoms. The third kappa shape index (κ3) is 4.84. The van der Waals surface area contributed by atoms with Crippen molar-refractivity contribution >= 4 is 28.3 Å². The van der Waals surface area contributed by atoms with Gasteiger partial charge in [0.15, 0.2) is 6.61 Å². The number of nitrogens with one attached hydrogen (secondary N) is 2. The van der Waals surface area contributed by atoms with Gasteiger partial charge in [-0.2, -0.15) is 0 Å². The van der Waals surface area contributed by atoms with E-state index in [0.29, 0.717) is 34.5 Å². The first-order chi connectivity index (χ1) is 15.0. The fourth-order valence-electron chi connectivity index (χ4n) is 3.08. The molecule has 156 valence electrons. The summed E-state index contributed by atoms with van der Waals surface area (Å²) in [6.45, 7) is -0.305. The Morgan fingerprint density at radius 2 is 1.97 bits per heavy atom. The molecule has 1 heterocycles. The molecule has 8 nitrogen and oxygen atoms in total. The molecule has 0 aliphatic carbocycles. The van der Waals surface area contributed by atoms with Crippen molar-refractivity contribution in [3.63, 3.8) is 0 Å². The zero-order valence-corrected chi connectivity index (χ0v) is 16.2. The van der Waals surface area contributed by atoms with Crippen LogP contribution in [0.4, 0.5) is 15.8 Å². The zero-order valence-electron chi connectivity index (χ0n) is 16.2. The molecule has 4 aromatic rings. The number of anilines is 1. The maximum Gasteiger partial charge on any atom is 0.273 e. The summed E-state index contributed by atoms with van der Waals surface area (Å²) in [6.07, 6.45) is 0.320. The summed E-state index contributed by atoms with van der Waals surface area (Å²) in [5.74, 6) is 0.125. The molecule has 0 spiro atoms. The second-order valence-corrected chi connectivity index (χ2v) is 6.77. The van der Waals surface area contributed by atoms with Crippen molar-refractivity contribution in [3.05, 3.63) is 94.0 Å². The third-order valence-corrected chi connectivity index (χ3v) is 4.53. The molecule has 1 aromatic heterocycles. The number of hydrogen-bond donors (Lipinski definition) is 2. The van der Waals surface area contributed by atoms with Crippen molar-refractivity contribution in [2.75, 3.05) is 11.9 Å². The van der Waals surface area contributed by atoms with Crippen LogP contribution in [-0.4, -0.2) is 27.4 Å². The Morgan fingerprint density at radius 1 is 1.13 bits per heavy atom. The van der Waals surface area contributed by atoms with E-state index in [1.165, 1.54) is 30.3 Å². The third-order valence-electron chi connectivity index (χ3n) is 4.53. The maximum atomic E-state index is 13.9. The lowest BCUT2D eigenvalue weighted by Crippen LogP contribution is -2.20. The fourth-order valence-corrected chi connectivity index (χ4v) is 3.08. The summed E-state index contributed by atoms with van der Waals surface area (Å²) >= 11 is 0. The van der Waals surface area contributed by atoms with Crippen LogP contribution in [0.2, 0.25) is 0 Å². The largest absolute Gasteiger partial charge is 0.484 e. The molecule has 0 saturated heterocycles. The number of aromatic nitrogens is 2. The average Bonchev–Trinajstić information content (AvgIpc) is 3.16. The number of nitro benzene ring substituents is 1. The predicted molar refractivity (Wildman–Crippen MR) is 113 cm³/mol. The zero-order chi connectivity index (χ0) is 21.8. The number of amides is 1. The molecule has 0 bridgehead atoms. The van der Waals surface area contributed by atoms with Crippen LogP contribution in [0.25, 0.3) is 11.0 Å². The van der Waals surface area contributed by atoms with Gasteiger partial charge in [0.05, 0.1) is 22.0 Å². The van der Waals surface area contributed by atoms with E-state index < -0.39 is 10.8 Å². The van der Waals surface area contributed by atoms with Crippen molar-refractivity contribution in [2.24, 2.45) is 0 Å². The van der Waals surface area contributed by atoms with E-state index in [1.54, 1.807) is 36.4 Å². The standard InChI is InChI=1S/C22H17FN4O4/c23-18-7-2-1-4-14(18)10-21-25-19-9-8-15(11-20(19)26-21)24-22(28)13-31-17-6-3-5-16(12-17)27(29)30/h1-9,11-12H,10,13H2,(H,24,28)(H,25,26). The van der Waals surface area contributed by atoms with Crippen LogP contribution in [0.15, 0.2) is 66.7 Å². The molecule has 0 unspecified atom stereocenters. The first-order valence-electron chi connectivity index (χ1n) is 9.37. The highest BCUT2D eigenvalue weighted by Gasteiger charge is 2.11. The van der Waals surface area contributed by atoms with Crippen LogP contribution >= 0.6 is 0 Å². The number of rotatable bonds is 7. The minimum atomic E-state index is -0.535. The van der Waals surface area contributed by atoms with Gasteiger partial charge in [-0.15, -0.1) is 0 Å². The SMILES string of the molecule is O=C(COc1cccc([N+](=O)[O-])c1)Nc1ccc2nc(Cc3ccccc3F)[nH]c2c1. The fraction of sp³-hybridized carbons (Fsp3) is 0.0909. The molecule has 0 aliphatic heterocycles. The van der Waals surface area contributed by atoms with Gasteiger partial charge in [0, 0.05) is 18.2 Å². The number of non-ortho nitro benzene ring substituents is 1. The van der Waals surface area contributed by atoms with Gasteiger partial charge in [-0.25, -0.2) is 9.37 Å². The van der Waals surface area contributed by atoms with Crippen molar-refractivity contribution in [3.8, 4) is 5.75 Å². The summed E-state index contributed by atoms with van der Waals surface area (Å²) in [6, 6.07) is 17.3. The number of aromatic amines is 1. The average molecular weight is 420 g/mol. The number of imidazole rings is 1. The Kier molecular flexibility index (Phi) is 5.57. The number of nitro groups is 1. The lowest BCUT2D eigenvalue weighted by Gasteiger charge is -2.07. The minimum Gasteiger partial charge on any atom is -0.484 e. The quantitative estimate of drug-likeness (QED) is 0.344. The van der Waals surface area contributed by atoms with E-state index in [2.05, 4.69) is 15.3 Å². The van der Waals surface area contributed by atoms with Gasteiger partial charge < -0.3 is 15.0 Å². The second-order valence-electron chi connectivity index (χ2n) is 6.77. The smallest absolute Gasteiger partial charge is 0.273 e. The second kappa shape index (κ2) is 8.62. The first kappa shape index (κ1) is 20.0. The molecule has 0 radical (unpaired) electrons. The number of carbonyl (C=O) groups excluding carboxylic acids is 1. The summed E-state index contributed by atoms with van der Waals surface area (Å²) in [7, 11) is 0. The molecule has 31 heavy (non-hydrogen) atoms. The summed E-state index contributed by atoms with van der Waals surface area (Å²) in [4.78, 5) is 30.0. The van der Waals surface area contributed by atoms with E-state index in [4.69, 9.17) is 4.74 Å². The van der Waals surface area contributed by atoms with Crippen LogP contribution in [-0.2, 0) is 11.2 Å². The maximum absolute atomic E-state index is 13.9. The summed E-state index contributed by atoms with van der Waals surface area (Å²) in [5.41, 5.74) is 2.34. The normalized spacial score (nSPS) is 10.7. The van der Waals surface area contributed by atoms with Gasteiger partial charge in [0.25, 0.3) is 11.6 Å². The van der Waals surface area contributed by atoms with Crippen molar-refractivity contribution in [1.29, 1.82) is 0 Å². The molecule has 4 rings (SSSR count). The highest BCUT2D eigenvalue weighted by atomic mass is 19.1. The Balaban J connectivity index is 1.40. The molecule has 1 amide bonds. The highest BCUT2D eigenvalue weighted by molar-refractivity contribution is 5.94. The molecular weight excluding hydrogens is 403 g/mol. The number of carbonyl (C=O) groups is 1.